The topological polar surface area (TPSA) is 37.8 Å². The first kappa shape index (κ1) is 16.2. The van der Waals surface area contributed by atoms with Gasteiger partial charge in [-0.3, -0.25) is 0 Å². The van der Waals surface area contributed by atoms with Gasteiger partial charge in [-0.25, -0.2) is 9.97 Å². The van der Waals surface area contributed by atoms with Crippen LogP contribution in [0.15, 0.2) is 66.7 Å². The second-order valence-electron chi connectivity index (χ2n) is 6.30. The Hall–Kier alpha value is -2.68. The van der Waals surface area contributed by atoms with Crippen LogP contribution in [0.5, 0.6) is 0 Å². The standard InChI is InChI=1S/C21H23N3/c1-16(2)13-14-22-20-15-19(17-9-5-3-6-10-17)23-21(24-20)18-11-7-4-8-12-18/h3-12,15-16H,13-14H2,1-2H3,(H,22,23,24). The summed E-state index contributed by atoms with van der Waals surface area (Å²) < 4.78 is 0. The smallest absolute Gasteiger partial charge is 0.162 e. The molecule has 3 aromatic rings. The van der Waals surface area contributed by atoms with E-state index in [0.29, 0.717) is 5.92 Å². The molecule has 24 heavy (non-hydrogen) atoms. The van der Waals surface area contributed by atoms with Gasteiger partial charge in [0.2, 0.25) is 0 Å². The normalized spacial score (nSPS) is 10.8. The molecular weight excluding hydrogens is 294 g/mol. The lowest BCUT2D eigenvalue weighted by molar-refractivity contribution is 0.606. The minimum absolute atomic E-state index is 0.668. The first-order valence-corrected chi connectivity index (χ1v) is 8.46. The third-order valence-corrected chi connectivity index (χ3v) is 3.86. The maximum Gasteiger partial charge on any atom is 0.162 e. The average Bonchev–Trinajstić information content (AvgIpc) is 2.63. The number of aromatic nitrogens is 2. The molecule has 122 valence electrons. The quantitative estimate of drug-likeness (QED) is 0.673. The zero-order valence-corrected chi connectivity index (χ0v) is 14.2. The molecule has 3 heteroatoms. The van der Waals surface area contributed by atoms with Crippen molar-refractivity contribution in [1.82, 2.24) is 9.97 Å². The molecule has 0 fully saturated rings. The molecule has 0 radical (unpaired) electrons. The predicted octanol–water partition coefficient (Wildman–Crippen LogP) is 5.27. The fourth-order valence-electron chi connectivity index (χ4n) is 2.50. The highest BCUT2D eigenvalue weighted by Crippen LogP contribution is 2.24. The van der Waals surface area contributed by atoms with E-state index < -0.39 is 0 Å². The Morgan fingerprint density at radius 1 is 0.833 bits per heavy atom. The molecule has 2 aromatic carbocycles. The van der Waals surface area contributed by atoms with Crippen LogP contribution >= 0.6 is 0 Å². The molecular formula is C21H23N3. The molecule has 3 nitrogen and oxygen atoms in total. The Bertz CT molecular complexity index is 710. The third-order valence-electron chi connectivity index (χ3n) is 3.86. The van der Waals surface area contributed by atoms with Gasteiger partial charge < -0.3 is 5.32 Å². The van der Waals surface area contributed by atoms with Gasteiger partial charge in [0.05, 0.1) is 5.69 Å². The van der Waals surface area contributed by atoms with E-state index in [1.807, 2.05) is 54.6 Å². The van der Waals surface area contributed by atoms with Crippen molar-refractivity contribution in [3.63, 3.8) is 0 Å². The molecule has 1 N–H and O–H groups in total. The summed E-state index contributed by atoms with van der Waals surface area (Å²) in [6.07, 6.45) is 1.12. The van der Waals surface area contributed by atoms with Crippen molar-refractivity contribution in [3.8, 4) is 22.6 Å². The van der Waals surface area contributed by atoms with Crippen LogP contribution < -0.4 is 5.32 Å². The molecule has 0 saturated carbocycles. The lowest BCUT2D eigenvalue weighted by atomic mass is 10.1. The van der Waals surface area contributed by atoms with Gasteiger partial charge in [-0.15, -0.1) is 0 Å². The molecule has 0 amide bonds. The first-order valence-electron chi connectivity index (χ1n) is 8.46. The highest BCUT2D eigenvalue weighted by molar-refractivity contribution is 5.67. The summed E-state index contributed by atoms with van der Waals surface area (Å²) in [6, 6.07) is 22.4. The number of hydrogen-bond acceptors (Lipinski definition) is 3. The lowest BCUT2D eigenvalue weighted by Gasteiger charge is -2.11. The van der Waals surface area contributed by atoms with Crippen LogP contribution in [0.3, 0.4) is 0 Å². The van der Waals surface area contributed by atoms with E-state index >= 15 is 0 Å². The van der Waals surface area contributed by atoms with Gasteiger partial charge in [-0.1, -0.05) is 74.5 Å². The van der Waals surface area contributed by atoms with Crippen molar-refractivity contribution in [2.75, 3.05) is 11.9 Å². The van der Waals surface area contributed by atoms with Crippen LogP contribution in [0.25, 0.3) is 22.6 Å². The summed E-state index contributed by atoms with van der Waals surface area (Å²) >= 11 is 0. The van der Waals surface area contributed by atoms with Crippen molar-refractivity contribution < 1.29 is 0 Å². The number of nitrogens with one attached hydrogen (secondary N) is 1. The van der Waals surface area contributed by atoms with Gasteiger partial charge in [-0.2, -0.15) is 0 Å². The Morgan fingerprint density at radius 2 is 1.46 bits per heavy atom. The summed E-state index contributed by atoms with van der Waals surface area (Å²) in [5, 5.41) is 3.45. The van der Waals surface area contributed by atoms with E-state index in [2.05, 4.69) is 31.3 Å². The number of nitrogens with zero attached hydrogens (tertiary/aromatic N) is 2. The maximum absolute atomic E-state index is 4.77. The summed E-state index contributed by atoms with van der Waals surface area (Å²) in [7, 11) is 0. The molecule has 0 aliphatic heterocycles. The Morgan fingerprint density at radius 3 is 2.08 bits per heavy atom. The van der Waals surface area contributed by atoms with E-state index in [1.165, 1.54) is 0 Å². The van der Waals surface area contributed by atoms with E-state index in [9.17, 15) is 0 Å². The van der Waals surface area contributed by atoms with Crippen LogP contribution in [0, 0.1) is 5.92 Å². The average molecular weight is 317 g/mol. The fraction of sp³-hybridized carbons (Fsp3) is 0.238. The van der Waals surface area contributed by atoms with E-state index in [1.54, 1.807) is 0 Å². The number of benzene rings is 2. The lowest BCUT2D eigenvalue weighted by Crippen LogP contribution is -2.07. The molecule has 0 saturated heterocycles. The van der Waals surface area contributed by atoms with Crippen LogP contribution in [-0.2, 0) is 0 Å². The summed E-state index contributed by atoms with van der Waals surface area (Å²) in [6.45, 7) is 5.37. The van der Waals surface area contributed by atoms with Crippen molar-refractivity contribution in [2.45, 2.75) is 20.3 Å². The summed E-state index contributed by atoms with van der Waals surface area (Å²) in [5.41, 5.74) is 3.07. The first-order chi connectivity index (χ1) is 11.7. The van der Waals surface area contributed by atoms with Gasteiger partial charge in [0, 0.05) is 23.7 Å². The van der Waals surface area contributed by atoms with E-state index in [-0.39, 0.29) is 0 Å². The Kier molecular flexibility index (Phi) is 5.22. The number of anilines is 1. The second kappa shape index (κ2) is 7.73. The third kappa shape index (κ3) is 4.19. The predicted molar refractivity (Wildman–Crippen MR) is 101 cm³/mol. The van der Waals surface area contributed by atoms with Crippen molar-refractivity contribution in [2.24, 2.45) is 5.92 Å². The molecule has 0 atom stereocenters. The van der Waals surface area contributed by atoms with Crippen LogP contribution in [0.4, 0.5) is 5.82 Å². The monoisotopic (exact) mass is 317 g/mol. The van der Waals surface area contributed by atoms with E-state index in [4.69, 9.17) is 9.97 Å². The minimum atomic E-state index is 0.668. The number of rotatable bonds is 6. The Labute approximate surface area is 143 Å². The van der Waals surface area contributed by atoms with Gasteiger partial charge in [0.1, 0.15) is 5.82 Å². The van der Waals surface area contributed by atoms with Crippen LogP contribution in [0.1, 0.15) is 20.3 Å². The molecule has 1 heterocycles. The molecule has 1 aromatic heterocycles. The summed E-state index contributed by atoms with van der Waals surface area (Å²) in [4.78, 5) is 9.47. The van der Waals surface area contributed by atoms with Crippen molar-refractivity contribution in [3.05, 3.63) is 66.7 Å². The largest absolute Gasteiger partial charge is 0.370 e. The van der Waals surface area contributed by atoms with Gasteiger partial charge in [0.15, 0.2) is 5.82 Å². The zero-order valence-electron chi connectivity index (χ0n) is 14.2. The molecule has 0 unspecified atom stereocenters. The highest BCUT2D eigenvalue weighted by Gasteiger charge is 2.08. The van der Waals surface area contributed by atoms with Gasteiger partial charge >= 0.3 is 0 Å². The van der Waals surface area contributed by atoms with Crippen LogP contribution in [-0.4, -0.2) is 16.5 Å². The van der Waals surface area contributed by atoms with Gasteiger partial charge in [-0.05, 0) is 12.3 Å². The van der Waals surface area contributed by atoms with Gasteiger partial charge in [0.25, 0.3) is 0 Å². The SMILES string of the molecule is CC(C)CCNc1cc(-c2ccccc2)nc(-c2ccccc2)n1. The molecule has 3 rings (SSSR count). The molecule has 0 aliphatic rings. The van der Waals surface area contributed by atoms with Crippen molar-refractivity contribution in [1.29, 1.82) is 0 Å². The van der Waals surface area contributed by atoms with E-state index in [0.717, 1.165) is 41.4 Å². The zero-order chi connectivity index (χ0) is 16.8. The van der Waals surface area contributed by atoms with Crippen LogP contribution in [0.2, 0.25) is 0 Å². The van der Waals surface area contributed by atoms with Crippen molar-refractivity contribution >= 4 is 5.82 Å². The Balaban J connectivity index is 1.96. The highest BCUT2D eigenvalue weighted by atomic mass is 15.0. The molecule has 0 aliphatic carbocycles. The maximum atomic E-state index is 4.77. The minimum Gasteiger partial charge on any atom is -0.370 e. The molecule has 0 spiro atoms. The number of hydrogen-bond donors (Lipinski definition) is 1. The summed E-state index contributed by atoms with van der Waals surface area (Å²) in [5.74, 6) is 2.30. The second-order valence-corrected chi connectivity index (χ2v) is 6.30. The molecule has 0 bridgehead atoms. The fourth-order valence-corrected chi connectivity index (χ4v) is 2.50.